The van der Waals surface area contributed by atoms with E-state index >= 15 is 0 Å². The quantitative estimate of drug-likeness (QED) is 0.590. The van der Waals surface area contributed by atoms with Crippen LogP contribution in [0.3, 0.4) is 0 Å². The van der Waals surface area contributed by atoms with Crippen LogP contribution < -0.4 is 0 Å². The van der Waals surface area contributed by atoms with Crippen LogP contribution in [0.4, 0.5) is 0 Å². The number of aromatic carboxylic acids is 2. The molecule has 0 heterocycles. The molecular weight excluding hydrogens is 308 g/mol. The monoisotopic (exact) mass is 318 g/mol. The van der Waals surface area contributed by atoms with Gasteiger partial charge >= 0.3 is 11.9 Å². The minimum atomic E-state index is -1.19. The molecule has 24 heavy (non-hydrogen) atoms. The summed E-state index contributed by atoms with van der Waals surface area (Å²) in [5, 5.41) is 19.8. The van der Waals surface area contributed by atoms with Gasteiger partial charge in [-0.3, -0.25) is 4.79 Å². The molecule has 1 aliphatic rings. The maximum atomic E-state index is 12.9. The second-order valence-electron chi connectivity index (χ2n) is 5.60. The Hall–Kier alpha value is -3.47. The van der Waals surface area contributed by atoms with E-state index in [1.807, 2.05) is 0 Å². The van der Waals surface area contributed by atoms with Crippen molar-refractivity contribution in [2.45, 2.75) is 0 Å². The van der Waals surface area contributed by atoms with Gasteiger partial charge < -0.3 is 10.2 Å². The van der Waals surface area contributed by atoms with Gasteiger partial charge in [-0.25, -0.2) is 9.59 Å². The molecule has 0 radical (unpaired) electrons. The molecule has 5 nitrogen and oxygen atoms in total. The minimum Gasteiger partial charge on any atom is -0.478 e. The van der Waals surface area contributed by atoms with Crippen molar-refractivity contribution in [3.05, 3.63) is 70.8 Å². The Balaban J connectivity index is 2.25. The van der Waals surface area contributed by atoms with Gasteiger partial charge in [0.1, 0.15) is 0 Å². The summed E-state index contributed by atoms with van der Waals surface area (Å²) >= 11 is 0. The van der Waals surface area contributed by atoms with Gasteiger partial charge in [-0.05, 0) is 34.7 Å². The van der Waals surface area contributed by atoms with Crippen LogP contribution in [0.1, 0.15) is 36.6 Å². The summed E-state index contributed by atoms with van der Waals surface area (Å²) in [5.74, 6) is -2.62. The molecule has 0 fully saturated rings. The smallest absolute Gasteiger partial charge is 0.336 e. The van der Waals surface area contributed by atoms with Crippen molar-refractivity contribution < 1.29 is 24.6 Å². The number of fused-ring (bicyclic) bond motifs is 2. The Bertz CT molecular complexity index is 1080. The summed E-state index contributed by atoms with van der Waals surface area (Å²) in [6.45, 7) is 0. The third-order valence-electron chi connectivity index (χ3n) is 4.28. The van der Waals surface area contributed by atoms with Crippen molar-refractivity contribution in [1.82, 2.24) is 0 Å². The standard InChI is InChI=1S/C19H10O5/c20-17-12-4-2-1-3-11(12)14-8-10(18(21)22)7-9-5-6-13(19(23)24)16(17)15(9)14/h1-8H,(H,21,22)(H,23,24). The first-order valence-electron chi connectivity index (χ1n) is 7.20. The topological polar surface area (TPSA) is 91.7 Å². The van der Waals surface area contributed by atoms with Crippen molar-refractivity contribution in [3.63, 3.8) is 0 Å². The number of hydrogen-bond acceptors (Lipinski definition) is 3. The summed E-state index contributed by atoms with van der Waals surface area (Å²) in [6, 6.07) is 12.7. The first-order valence-corrected chi connectivity index (χ1v) is 7.20. The van der Waals surface area contributed by atoms with E-state index in [0.717, 1.165) is 0 Å². The molecule has 0 spiro atoms. The van der Waals surface area contributed by atoms with Crippen LogP contribution in [0.5, 0.6) is 0 Å². The summed E-state index contributed by atoms with van der Waals surface area (Å²) < 4.78 is 0. The number of carboxylic acid groups (broad SMARTS) is 2. The third kappa shape index (κ3) is 1.78. The number of ketones is 1. The lowest BCUT2D eigenvalue weighted by Gasteiger charge is -2.21. The molecule has 0 atom stereocenters. The van der Waals surface area contributed by atoms with Gasteiger partial charge in [0.05, 0.1) is 11.1 Å². The number of carbonyl (C=O) groups is 3. The molecule has 5 heteroatoms. The Morgan fingerprint density at radius 2 is 1.50 bits per heavy atom. The SMILES string of the molecule is O=C(O)c1cc2c3c(c(C(=O)O)ccc3c1)C(=O)c1ccccc1-2. The lowest BCUT2D eigenvalue weighted by Crippen LogP contribution is -2.16. The van der Waals surface area contributed by atoms with E-state index in [-0.39, 0.29) is 22.5 Å². The number of carbonyl (C=O) groups excluding carboxylic acids is 1. The average molecular weight is 318 g/mol. The zero-order valence-corrected chi connectivity index (χ0v) is 12.2. The number of hydrogen-bond donors (Lipinski definition) is 2. The molecule has 0 saturated heterocycles. The molecule has 0 saturated carbocycles. The lowest BCUT2D eigenvalue weighted by atomic mass is 9.80. The molecule has 0 amide bonds. The van der Waals surface area contributed by atoms with Gasteiger partial charge in [0.2, 0.25) is 0 Å². The van der Waals surface area contributed by atoms with Gasteiger partial charge in [0.25, 0.3) is 0 Å². The molecule has 1 aliphatic carbocycles. The maximum absolute atomic E-state index is 12.9. The van der Waals surface area contributed by atoms with E-state index in [2.05, 4.69) is 0 Å². The summed E-state index contributed by atoms with van der Waals surface area (Å²) in [7, 11) is 0. The van der Waals surface area contributed by atoms with Crippen LogP contribution in [0, 0.1) is 0 Å². The van der Waals surface area contributed by atoms with Crippen LogP contribution in [0.2, 0.25) is 0 Å². The van der Waals surface area contributed by atoms with Gasteiger partial charge in [-0.2, -0.15) is 0 Å². The van der Waals surface area contributed by atoms with Gasteiger partial charge in [-0.1, -0.05) is 30.3 Å². The Kier molecular flexibility index (Phi) is 2.81. The van der Waals surface area contributed by atoms with E-state index in [9.17, 15) is 24.6 Å². The molecule has 4 rings (SSSR count). The van der Waals surface area contributed by atoms with Crippen molar-refractivity contribution in [2.75, 3.05) is 0 Å². The predicted octanol–water partition coefficient (Wildman–Crippen LogP) is 3.45. The summed E-state index contributed by atoms with van der Waals surface area (Å²) in [6.07, 6.45) is 0. The van der Waals surface area contributed by atoms with Crippen molar-refractivity contribution in [1.29, 1.82) is 0 Å². The van der Waals surface area contributed by atoms with Gasteiger partial charge in [0.15, 0.2) is 5.78 Å². The fraction of sp³-hybridized carbons (Fsp3) is 0. The normalized spacial score (nSPS) is 12.1. The van der Waals surface area contributed by atoms with Crippen LogP contribution >= 0.6 is 0 Å². The largest absolute Gasteiger partial charge is 0.478 e. The first-order chi connectivity index (χ1) is 11.5. The van der Waals surface area contributed by atoms with E-state index in [0.29, 0.717) is 27.5 Å². The van der Waals surface area contributed by atoms with E-state index in [1.165, 1.54) is 18.2 Å². The second kappa shape index (κ2) is 4.76. The molecule has 0 unspecified atom stereocenters. The zero-order chi connectivity index (χ0) is 17.0. The third-order valence-corrected chi connectivity index (χ3v) is 4.28. The molecule has 0 aliphatic heterocycles. The van der Waals surface area contributed by atoms with Crippen LogP contribution in [-0.2, 0) is 0 Å². The van der Waals surface area contributed by atoms with Gasteiger partial charge in [0, 0.05) is 16.5 Å². The van der Waals surface area contributed by atoms with E-state index in [1.54, 1.807) is 30.3 Å². The predicted molar refractivity (Wildman–Crippen MR) is 86.7 cm³/mol. The Morgan fingerprint density at radius 1 is 0.792 bits per heavy atom. The lowest BCUT2D eigenvalue weighted by molar-refractivity contribution is 0.0684. The minimum absolute atomic E-state index is 0.0775. The highest BCUT2D eigenvalue weighted by atomic mass is 16.4. The molecular formula is C19H10O5. The highest BCUT2D eigenvalue weighted by Gasteiger charge is 2.30. The molecule has 0 bridgehead atoms. The van der Waals surface area contributed by atoms with Crippen molar-refractivity contribution in [2.24, 2.45) is 0 Å². The number of benzene rings is 3. The maximum Gasteiger partial charge on any atom is 0.336 e. The second-order valence-corrected chi connectivity index (χ2v) is 5.60. The van der Waals surface area contributed by atoms with E-state index in [4.69, 9.17) is 0 Å². The highest BCUT2D eigenvalue weighted by Crippen LogP contribution is 2.41. The number of rotatable bonds is 2. The van der Waals surface area contributed by atoms with Crippen LogP contribution in [-0.4, -0.2) is 27.9 Å². The van der Waals surface area contributed by atoms with E-state index < -0.39 is 11.9 Å². The molecule has 0 aromatic heterocycles. The fourth-order valence-electron chi connectivity index (χ4n) is 3.27. The van der Waals surface area contributed by atoms with Crippen LogP contribution in [0.15, 0.2) is 48.5 Å². The fourth-order valence-corrected chi connectivity index (χ4v) is 3.27. The summed E-state index contributed by atoms with van der Waals surface area (Å²) in [5.41, 5.74) is 1.69. The average Bonchev–Trinajstić information content (AvgIpc) is 2.58. The Morgan fingerprint density at radius 3 is 2.17 bits per heavy atom. The first kappa shape index (κ1) is 14.1. The Labute approximate surface area is 135 Å². The molecule has 3 aromatic carbocycles. The highest BCUT2D eigenvalue weighted by molar-refractivity contribution is 6.29. The van der Waals surface area contributed by atoms with Crippen molar-refractivity contribution in [3.8, 4) is 11.1 Å². The zero-order valence-electron chi connectivity index (χ0n) is 12.2. The molecule has 116 valence electrons. The summed E-state index contributed by atoms with van der Waals surface area (Å²) in [4.78, 5) is 35.8. The number of carboxylic acids is 2. The van der Waals surface area contributed by atoms with Gasteiger partial charge in [-0.15, -0.1) is 0 Å². The van der Waals surface area contributed by atoms with Crippen LogP contribution in [0.25, 0.3) is 21.9 Å². The van der Waals surface area contributed by atoms with Crippen molar-refractivity contribution >= 4 is 28.5 Å². The molecule has 2 N–H and O–H groups in total. The molecule has 3 aromatic rings.